The van der Waals surface area contributed by atoms with E-state index in [4.69, 9.17) is 0 Å². The molecule has 0 radical (unpaired) electrons. The second-order valence-electron chi connectivity index (χ2n) is 6.45. The monoisotopic (exact) mass is 320 g/mol. The van der Waals surface area contributed by atoms with E-state index in [2.05, 4.69) is 42.6 Å². The summed E-state index contributed by atoms with van der Waals surface area (Å²) in [6, 6.07) is 14.4. The van der Waals surface area contributed by atoms with Gasteiger partial charge in [0, 0.05) is 17.4 Å². The maximum absolute atomic E-state index is 12.7. The summed E-state index contributed by atoms with van der Waals surface area (Å²) in [6.07, 6.45) is 3.02. The van der Waals surface area contributed by atoms with Crippen LogP contribution in [0.25, 0.3) is 10.9 Å². The number of carbonyl (C=O) groups is 1. The van der Waals surface area contributed by atoms with Crippen LogP contribution >= 0.6 is 0 Å². The summed E-state index contributed by atoms with van der Waals surface area (Å²) in [5, 5.41) is 4.25. The number of carbonyl (C=O) groups excluding carboxylic acids is 1. The number of anilines is 1. The summed E-state index contributed by atoms with van der Waals surface area (Å²) in [5.41, 5.74) is 5.51. The average Bonchev–Trinajstić information content (AvgIpc) is 3.00. The number of nitrogens with zero attached hydrogens (tertiary/aromatic N) is 1. The summed E-state index contributed by atoms with van der Waals surface area (Å²) in [6.45, 7) is 8.13. The highest BCUT2D eigenvalue weighted by Gasteiger charge is 2.17. The van der Waals surface area contributed by atoms with Crippen molar-refractivity contribution in [3.05, 3.63) is 65.4 Å². The molecule has 3 heteroatoms. The molecule has 1 amide bonds. The summed E-state index contributed by atoms with van der Waals surface area (Å²) < 4.78 is 2.04. The van der Waals surface area contributed by atoms with Crippen molar-refractivity contribution >= 4 is 22.5 Å². The zero-order chi connectivity index (χ0) is 17.3. The molecule has 3 nitrogen and oxygen atoms in total. The largest absolute Gasteiger partial charge is 0.335 e. The topological polar surface area (TPSA) is 34.0 Å². The molecule has 0 aliphatic rings. The number of rotatable bonds is 4. The molecule has 124 valence electrons. The van der Waals surface area contributed by atoms with Crippen LogP contribution in [-0.4, -0.2) is 10.5 Å². The molecule has 0 fully saturated rings. The average molecular weight is 320 g/mol. The molecule has 3 rings (SSSR count). The standard InChI is InChI=1S/C21H24N2O/c1-5-17-8-9-20-18(13-17)10-11-23(20)16(4)21(24)22-19-12-14(2)6-7-15(19)3/h6-13,16H,5H2,1-4H3,(H,22,24). The highest BCUT2D eigenvalue weighted by atomic mass is 16.2. The minimum absolute atomic E-state index is 0.000711. The van der Waals surface area contributed by atoms with Crippen LogP contribution in [0.3, 0.4) is 0 Å². The fourth-order valence-electron chi connectivity index (χ4n) is 3.01. The van der Waals surface area contributed by atoms with Crippen LogP contribution in [0.15, 0.2) is 48.7 Å². The number of hydrogen-bond donors (Lipinski definition) is 1. The quantitative estimate of drug-likeness (QED) is 0.719. The van der Waals surface area contributed by atoms with E-state index in [1.807, 2.05) is 43.7 Å². The Morgan fingerprint density at radius 1 is 1.12 bits per heavy atom. The predicted molar refractivity (Wildman–Crippen MR) is 101 cm³/mol. The molecule has 0 aliphatic carbocycles. The van der Waals surface area contributed by atoms with Gasteiger partial charge < -0.3 is 9.88 Å². The zero-order valence-corrected chi connectivity index (χ0v) is 14.8. The molecule has 0 saturated carbocycles. The Balaban J connectivity index is 1.87. The van der Waals surface area contributed by atoms with Gasteiger partial charge in [-0.1, -0.05) is 25.1 Å². The van der Waals surface area contributed by atoms with Gasteiger partial charge in [0.15, 0.2) is 0 Å². The van der Waals surface area contributed by atoms with Crippen LogP contribution in [0.1, 0.15) is 36.6 Å². The first-order chi connectivity index (χ1) is 11.5. The molecule has 0 bridgehead atoms. The van der Waals surface area contributed by atoms with Crippen LogP contribution in [0.2, 0.25) is 0 Å². The minimum Gasteiger partial charge on any atom is -0.335 e. The minimum atomic E-state index is -0.269. The van der Waals surface area contributed by atoms with E-state index in [0.29, 0.717) is 0 Å². The second-order valence-corrected chi connectivity index (χ2v) is 6.45. The molecular formula is C21H24N2O. The summed E-state index contributed by atoms with van der Waals surface area (Å²) in [4.78, 5) is 12.7. The number of aryl methyl sites for hydroxylation is 3. The number of aromatic nitrogens is 1. The molecular weight excluding hydrogens is 296 g/mol. The van der Waals surface area contributed by atoms with Crippen molar-refractivity contribution in [2.24, 2.45) is 0 Å². The predicted octanol–water partition coefficient (Wildman–Crippen LogP) is 5.02. The van der Waals surface area contributed by atoms with Crippen molar-refractivity contribution in [3.63, 3.8) is 0 Å². The zero-order valence-electron chi connectivity index (χ0n) is 14.8. The summed E-state index contributed by atoms with van der Waals surface area (Å²) in [5.74, 6) is 0.000711. The molecule has 0 saturated heterocycles. The van der Waals surface area contributed by atoms with Gasteiger partial charge in [0.2, 0.25) is 5.91 Å². The van der Waals surface area contributed by atoms with Gasteiger partial charge in [-0.3, -0.25) is 4.79 Å². The van der Waals surface area contributed by atoms with E-state index >= 15 is 0 Å². The van der Waals surface area contributed by atoms with Gasteiger partial charge in [0.1, 0.15) is 6.04 Å². The second kappa shape index (κ2) is 6.52. The van der Waals surface area contributed by atoms with Gasteiger partial charge in [0.25, 0.3) is 0 Å². The fraction of sp³-hybridized carbons (Fsp3) is 0.286. The van der Waals surface area contributed by atoms with Crippen LogP contribution in [0, 0.1) is 13.8 Å². The molecule has 1 heterocycles. The Hall–Kier alpha value is -2.55. The summed E-state index contributed by atoms with van der Waals surface area (Å²) in [7, 11) is 0. The van der Waals surface area contributed by atoms with E-state index in [0.717, 1.165) is 28.8 Å². The molecule has 0 spiro atoms. The van der Waals surface area contributed by atoms with Gasteiger partial charge >= 0.3 is 0 Å². The van der Waals surface area contributed by atoms with Crippen LogP contribution < -0.4 is 5.32 Å². The first-order valence-corrected chi connectivity index (χ1v) is 8.47. The van der Waals surface area contributed by atoms with E-state index in [1.54, 1.807) is 0 Å². The Morgan fingerprint density at radius 3 is 2.67 bits per heavy atom. The lowest BCUT2D eigenvalue weighted by Crippen LogP contribution is -2.23. The van der Waals surface area contributed by atoms with Crippen LogP contribution in [-0.2, 0) is 11.2 Å². The molecule has 1 N–H and O–H groups in total. The van der Waals surface area contributed by atoms with Crippen molar-refractivity contribution in [1.29, 1.82) is 0 Å². The number of nitrogens with one attached hydrogen (secondary N) is 1. The van der Waals surface area contributed by atoms with Gasteiger partial charge in [-0.15, -0.1) is 0 Å². The summed E-state index contributed by atoms with van der Waals surface area (Å²) >= 11 is 0. The van der Waals surface area contributed by atoms with Gasteiger partial charge in [-0.25, -0.2) is 0 Å². The number of benzene rings is 2. The van der Waals surface area contributed by atoms with Crippen molar-refractivity contribution in [1.82, 2.24) is 4.57 Å². The third-order valence-corrected chi connectivity index (χ3v) is 4.64. The lowest BCUT2D eigenvalue weighted by Gasteiger charge is -2.17. The number of hydrogen-bond acceptors (Lipinski definition) is 1. The molecule has 2 aromatic carbocycles. The van der Waals surface area contributed by atoms with Crippen molar-refractivity contribution in [2.45, 2.75) is 40.2 Å². The third-order valence-electron chi connectivity index (χ3n) is 4.64. The Bertz CT molecular complexity index is 892. The molecule has 3 aromatic rings. The van der Waals surface area contributed by atoms with Gasteiger partial charge in [0.05, 0.1) is 0 Å². The Kier molecular flexibility index (Phi) is 4.43. The first kappa shape index (κ1) is 16.3. The third kappa shape index (κ3) is 3.07. The fourth-order valence-corrected chi connectivity index (χ4v) is 3.01. The highest BCUT2D eigenvalue weighted by Crippen LogP contribution is 2.24. The number of fused-ring (bicyclic) bond motifs is 1. The molecule has 1 aromatic heterocycles. The van der Waals surface area contributed by atoms with Gasteiger partial charge in [-0.2, -0.15) is 0 Å². The highest BCUT2D eigenvalue weighted by molar-refractivity contribution is 5.95. The SMILES string of the molecule is CCc1ccc2c(ccn2C(C)C(=O)Nc2cc(C)ccc2C)c1. The van der Waals surface area contributed by atoms with Crippen molar-refractivity contribution in [2.75, 3.05) is 5.32 Å². The maximum atomic E-state index is 12.7. The van der Waals surface area contributed by atoms with E-state index < -0.39 is 0 Å². The Morgan fingerprint density at radius 2 is 1.92 bits per heavy atom. The van der Waals surface area contributed by atoms with Crippen LogP contribution in [0.5, 0.6) is 0 Å². The van der Waals surface area contributed by atoms with Gasteiger partial charge in [-0.05, 0) is 73.5 Å². The number of amides is 1. The first-order valence-electron chi connectivity index (χ1n) is 8.47. The maximum Gasteiger partial charge on any atom is 0.247 e. The molecule has 0 aliphatic heterocycles. The normalized spacial score (nSPS) is 12.3. The van der Waals surface area contributed by atoms with Crippen molar-refractivity contribution < 1.29 is 4.79 Å². The molecule has 1 unspecified atom stereocenters. The lowest BCUT2D eigenvalue weighted by molar-refractivity contribution is -0.118. The van der Waals surface area contributed by atoms with E-state index in [9.17, 15) is 4.79 Å². The molecule has 1 atom stereocenters. The Labute approximate surface area is 143 Å². The van der Waals surface area contributed by atoms with E-state index in [-0.39, 0.29) is 11.9 Å². The van der Waals surface area contributed by atoms with Crippen LogP contribution in [0.4, 0.5) is 5.69 Å². The molecule has 24 heavy (non-hydrogen) atoms. The van der Waals surface area contributed by atoms with Crippen molar-refractivity contribution in [3.8, 4) is 0 Å². The smallest absolute Gasteiger partial charge is 0.247 e. The lowest BCUT2D eigenvalue weighted by atomic mass is 10.1. The van der Waals surface area contributed by atoms with E-state index in [1.165, 1.54) is 10.9 Å².